The zero-order chi connectivity index (χ0) is 12.5. The molecule has 1 fully saturated rings. The van der Waals surface area contributed by atoms with Crippen LogP contribution in [0.25, 0.3) is 0 Å². The van der Waals surface area contributed by atoms with Crippen molar-refractivity contribution in [3.63, 3.8) is 0 Å². The van der Waals surface area contributed by atoms with Crippen LogP contribution in [0.3, 0.4) is 0 Å². The minimum absolute atomic E-state index is 0.132. The number of nitrogens with zero attached hydrogens (tertiary/aromatic N) is 1. The first kappa shape index (κ1) is 12.3. The quantitative estimate of drug-likeness (QED) is 0.844. The van der Waals surface area contributed by atoms with Crippen molar-refractivity contribution >= 4 is 0 Å². The molecule has 17 heavy (non-hydrogen) atoms. The highest BCUT2D eigenvalue weighted by molar-refractivity contribution is 5.50. The van der Waals surface area contributed by atoms with Gasteiger partial charge in [-0.25, -0.2) is 0 Å². The molecule has 0 saturated heterocycles. The van der Waals surface area contributed by atoms with Gasteiger partial charge in [-0.15, -0.1) is 0 Å². The Morgan fingerprint density at radius 2 is 2.12 bits per heavy atom. The van der Waals surface area contributed by atoms with E-state index in [4.69, 9.17) is 9.47 Å². The third-order valence-corrected chi connectivity index (χ3v) is 3.48. The van der Waals surface area contributed by atoms with E-state index in [2.05, 4.69) is 4.98 Å². The van der Waals surface area contributed by atoms with Crippen LogP contribution >= 0.6 is 0 Å². The highest BCUT2D eigenvalue weighted by atomic mass is 16.5. The molecule has 0 spiro atoms. The average molecular weight is 237 g/mol. The summed E-state index contributed by atoms with van der Waals surface area (Å²) in [6, 6.07) is 0. The summed E-state index contributed by atoms with van der Waals surface area (Å²) in [7, 11) is 3.31. The number of aliphatic hydroxyl groups excluding tert-OH is 1. The number of hydrogen-bond donors (Lipinski definition) is 1. The van der Waals surface area contributed by atoms with Crippen LogP contribution in [-0.4, -0.2) is 30.9 Å². The normalized spacial score (nSPS) is 16.9. The summed E-state index contributed by atoms with van der Waals surface area (Å²) in [4.78, 5) is 4.32. The van der Waals surface area contributed by atoms with Crippen molar-refractivity contribution in [3.8, 4) is 5.75 Å². The maximum atomic E-state index is 9.60. The zero-order valence-electron chi connectivity index (χ0n) is 10.6. The summed E-state index contributed by atoms with van der Waals surface area (Å²) >= 11 is 0. The Hall–Kier alpha value is -1.13. The highest BCUT2D eigenvalue weighted by Crippen LogP contribution is 2.52. The molecule has 0 bridgehead atoms. The van der Waals surface area contributed by atoms with E-state index in [0.717, 1.165) is 35.4 Å². The van der Waals surface area contributed by atoms with E-state index in [1.807, 2.05) is 13.1 Å². The van der Waals surface area contributed by atoms with Crippen molar-refractivity contribution in [2.24, 2.45) is 0 Å². The van der Waals surface area contributed by atoms with Gasteiger partial charge in [0.2, 0.25) is 0 Å². The maximum absolute atomic E-state index is 9.60. The highest BCUT2D eigenvalue weighted by Gasteiger charge is 2.47. The van der Waals surface area contributed by atoms with Crippen molar-refractivity contribution in [1.29, 1.82) is 0 Å². The molecule has 94 valence electrons. The van der Waals surface area contributed by atoms with E-state index < -0.39 is 0 Å². The van der Waals surface area contributed by atoms with Crippen LogP contribution in [0.15, 0.2) is 6.20 Å². The van der Waals surface area contributed by atoms with Crippen LogP contribution in [0.4, 0.5) is 0 Å². The zero-order valence-corrected chi connectivity index (χ0v) is 10.6. The Kier molecular flexibility index (Phi) is 3.35. The number of aromatic nitrogens is 1. The first-order chi connectivity index (χ1) is 8.18. The van der Waals surface area contributed by atoms with Gasteiger partial charge in [0.1, 0.15) is 5.75 Å². The minimum Gasteiger partial charge on any atom is -0.495 e. The first-order valence-electron chi connectivity index (χ1n) is 5.81. The molecule has 2 rings (SSSR count). The molecule has 1 N–H and O–H groups in total. The van der Waals surface area contributed by atoms with Gasteiger partial charge in [0.25, 0.3) is 0 Å². The van der Waals surface area contributed by atoms with Crippen molar-refractivity contribution < 1.29 is 14.6 Å². The number of aliphatic hydroxyl groups is 1. The Labute approximate surface area is 102 Å². The van der Waals surface area contributed by atoms with Crippen LogP contribution in [0.1, 0.15) is 29.7 Å². The summed E-state index contributed by atoms with van der Waals surface area (Å²) < 4.78 is 10.7. The first-order valence-corrected chi connectivity index (χ1v) is 5.81. The van der Waals surface area contributed by atoms with E-state index in [9.17, 15) is 5.11 Å². The second-order valence-corrected chi connectivity index (χ2v) is 4.65. The molecule has 0 amide bonds. The van der Waals surface area contributed by atoms with Gasteiger partial charge >= 0.3 is 0 Å². The monoisotopic (exact) mass is 237 g/mol. The summed E-state index contributed by atoms with van der Waals surface area (Å²) in [6.45, 7) is 2.58. The van der Waals surface area contributed by atoms with Crippen LogP contribution in [0, 0.1) is 6.92 Å². The molecule has 1 heterocycles. The lowest BCUT2D eigenvalue weighted by atomic mass is 9.91. The average Bonchev–Trinajstić information content (AvgIpc) is 3.12. The lowest BCUT2D eigenvalue weighted by Gasteiger charge is -2.21. The summed E-state index contributed by atoms with van der Waals surface area (Å²) in [5, 5.41) is 9.60. The molecule has 4 heteroatoms. The van der Waals surface area contributed by atoms with E-state index in [-0.39, 0.29) is 12.0 Å². The van der Waals surface area contributed by atoms with Crippen LogP contribution < -0.4 is 4.74 Å². The van der Waals surface area contributed by atoms with E-state index in [1.165, 1.54) is 0 Å². The van der Waals surface area contributed by atoms with Crippen LogP contribution in [0.2, 0.25) is 0 Å². The SMILES string of the molecule is COCc1cnc(C)c(OC)c1C1(CO)CC1. The number of methoxy groups -OCH3 is 2. The van der Waals surface area contributed by atoms with Gasteiger partial charge in [0, 0.05) is 29.8 Å². The maximum Gasteiger partial charge on any atom is 0.144 e. The molecule has 0 aromatic carbocycles. The molecule has 1 aliphatic rings. The van der Waals surface area contributed by atoms with Gasteiger partial charge in [0.05, 0.1) is 26.0 Å². The smallest absolute Gasteiger partial charge is 0.144 e. The predicted octanol–water partition coefficient (Wildman–Crippen LogP) is 1.57. The Morgan fingerprint density at radius 3 is 2.59 bits per heavy atom. The number of aryl methyl sites for hydroxylation is 1. The molecule has 0 unspecified atom stereocenters. The van der Waals surface area contributed by atoms with E-state index in [0.29, 0.717) is 6.61 Å². The molecule has 0 aliphatic heterocycles. The minimum atomic E-state index is -0.132. The molecule has 4 nitrogen and oxygen atoms in total. The topological polar surface area (TPSA) is 51.6 Å². The third kappa shape index (κ3) is 2.03. The molecule has 0 radical (unpaired) electrons. The van der Waals surface area contributed by atoms with Crippen molar-refractivity contribution in [3.05, 3.63) is 23.0 Å². The van der Waals surface area contributed by atoms with Crippen molar-refractivity contribution in [1.82, 2.24) is 4.98 Å². The Bertz CT molecular complexity index is 413. The molecule has 1 saturated carbocycles. The molecule has 0 atom stereocenters. The van der Waals surface area contributed by atoms with Gasteiger partial charge in [-0.3, -0.25) is 4.98 Å². The van der Waals surface area contributed by atoms with Crippen LogP contribution in [-0.2, 0) is 16.8 Å². The largest absolute Gasteiger partial charge is 0.495 e. The van der Waals surface area contributed by atoms with Gasteiger partial charge in [0.15, 0.2) is 0 Å². The van der Waals surface area contributed by atoms with E-state index >= 15 is 0 Å². The fourth-order valence-corrected chi connectivity index (χ4v) is 2.36. The number of hydrogen-bond acceptors (Lipinski definition) is 4. The van der Waals surface area contributed by atoms with Gasteiger partial charge in [-0.1, -0.05) is 0 Å². The molecule has 1 aromatic heterocycles. The van der Waals surface area contributed by atoms with Crippen LogP contribution in [0.5, 0.6) is 5.75 Å². The summed E-state index contributed by atoms with van der Waals surface area (Å²) in [6.07, 6.45) is 3.83. The van der Waals surface area contributed by atoms with Gasteiger partial charge in [-0.05, 0) is 19.8 Å². The molecule has 1 aliphatic carbocycles. The van der Waals surface area contributed by atoms with Gasteiger partial charge in [-0.2, -0.15) is 0 Å². The third-order valence-electron chi connectivity index (χ3n) is 3.48. The number of ether oxygens (including phenoxy) is 2. The predicted molar refractivity (Wildman–Crippen MR) is 64.2 cm³/mol. The standard InChI is InChI=1S/C13H19NO3/c1-9-12(17-3)11(13(8-15)4-5-13)10(6-14-9)7-16-2/h6,15H,4-5,7-8H2,1-3H3. The Morgan fingerprint density at radius 1 is 1.41 bits per heavy atom. The number of pyridine rings is 1. The fourth-order valence-electron chi connectivity index (χ4n) is 2.36. The second-order valence-electron chi connectivity index (χ2n) is 4.65. The van der Waals surface area contributed by atoms with Crippen molar-refractivity contribution in [2.75, 3.05) is 20.8 Å². The summed E-state index contributed by atoms with van der Waals surface area (Å²) in [5.41, 5.74) is 2.83. The number of rotatable bonds is 5. The Balaban J connectivity index is 2.54. The summed E-state index contributed by atoms with van der Waals surface area (Å²) in [5.74, 6) is 0.797. The van der Waals surface area contributed by atoms with Gasteiger partial charge < -0.3 is 14.6 Å². The molecular formula is C13H19NO3. The fraction of sp³-hybridized carbons (Fsp3) is 0.615. The molecular weight excluding hydrogens is 218 g/mol. The lowest BCUT2D eigenvalue weighted by Crippen LogP contribution is -2.17. The second kappa shape index (κ2) is 4.63. The molecule has 1 aromatic rings. The lowest BCUT2D eigenvalue weighted by molar-refractivity contribution is 0.180. The van der Waals surface area contributed by atoms with Crippen molar-refractivity contribution in [2.45, 2.75) is 31.8 Å². The van der Waals surface area contributed by atoms with E-state index in [1.54, 1.807) is 14.2 Å².